The van der Waals surface area contributed by atoms with Gasteiger partial charge < -0.3 is 10.1 Å². The van der Waals surface area contributed by atoms with Gasteiger partial charge in [-0.05, 0) is 6.07 Å². The number of methoxy groups -OCH3 is 1. The number of benzene rings is 1. The molecule has 0 radical (unpaired) electrons. The van der Waals surface area contributed by atoms with Crippen molar-refractivity contribution < 1.29 is 14.5 Å². The van der Waals surface area contributed by atoms with Crippen LogP contribution in [0.1, 0.15) is 11.9 Å². The molecule has 0 spiro atoms. The monoisotopic (exact) mass is 308 g/mol. The van der Waals surface area contributed by atoms with Gasteiger partial charge in [0, 0.05) is 13.0 Å². The molecule has 0 aliphatic rings. The molecule has 1 heterocycles. The molecule has 0 aliphatic heterocycles. The van der Waals surface area contributed by atoms with Crippen LogP contribution in [0.25, 0.3) is 10.6 Å². The number of nitro groups is 1. The van der Waals surface area contributed by atoms with Crippen molar-refractivity contribution in [3.05, 3.63) is 33.3 Å². The largest absolute Gasteiger partial charge is 0.496 e. The topological polar surface area (TPSA) is 107 Å². The summed E-state index contributed by atoms with van der Waals surface area (Å²) in [5.41, 5.74) is 0.563. The lowest BCUT2D eigenvalue weighted by Crippen LogP contribution is -2.18. The van der Waals surface area contributed by atoms with E-state index in [-0.39, 0.29) is 11.6 Å². The van der Waals surface area contributed by atoms with E-state index in [0.29, 0.717) is 27.9 Å². The van der Waals surface area contributed by atoms with Crippen molar-refractivity contribution in [3.8, 4) is 16.3 Å². The number of nitro benzene ring substituents is 1. The fourth-order valence-corrected chi connectivity index (χ4v) is 2.41. The Bertz CT molecular complexity index is 686. The number of rotatable bonds is 5. The minimum Gasteiger partial charge on any atom is -0.496 e. The van der Waals surface area contributed by atoms with Crippen molar-refractivity contribution in [3.63, 3.8) is 0 Å². The summed E-state index contributed by atoms with van der Waals surface area (Å²) >= 11 is 1.28. The lowest BCUT2D eigenvalue weighted by Gasteiger charge is -2.04. The molecule has 0 fully saturated rings. The number of ether oxygens (including phenoxy) is 1. The van der Waals surface area contributed by atoms with E-state index >= 15 is 0 Å². The van der Waals surface area contributed by atoms with E-state index in [0.717, 1.165) is 0 Å². The summed E-state index contributed by atoms with van der Waals surface area (Å²) in [5, 5.41) is 22.6. The van der Waals surface area contributed by atoms with Crippen LogP contribution < -0.4 is 10.1 Å². The second kappa shape index (κ2) is 6.27. The number of nitrogens with one attached hydrogen (secondary N) is 1. The van der Waals surface area contributed by atoms with Gasteiger partial charge in [0.05, 0.1) is 30.2 Å². The molecule has 0 atom stereocenters. The summed E-state index contributed by atoms with van der Waals surface area (Å²) in [5.74, 6) is 0.200. The Kier molecular flexibility index (Phi) is 4.43. The molecule has 1 aromatic carbocycles. The smallest absolute Gasteiger partial charge is 0.273 e. The molecule has 8 nitrogen and oxygen atoms in total. The van der Waals surface area contributed by atoms with Gasteiger partial charge >= 0.3 is 0 Å². The van der Waals surface area contributed by atoms with Gasteiger partial charge in [0.2, 0.25) is 5.91 Å². The molecule has 0 bridgehead atoms. The zero-order valence-corrected chi connectivity index (χ0v) is 12.1. The number of nitrogens with zero attached hydrogens (tertiary/aromatic N) is 3. The first kappa shape index (κ1) is 14.9. The van der Waals surface area contributed by atoms with E-state index < -0.39 is 4.92 Å². The van der Waals surface area contributed by atoms with Crippen molar-refractivity contribution in [2.75, 3.05) is 7.11 Å². The first-order chi connectivity index (χ1) is 10.0. The highest BCUT2D eigenvalue weighted by atomic mass is 32.1. The highest BCUT2D eigenvalue weighted by Crippen LogP contribution is 2.34. The quantitative estimate of drug-likeness (QED) is 0.666. The molecule has 110 valence electrons. The summed E-state index contributed by atoms with van der Waals surface area (Å²) in [6, 6.07) is 4.29. The maximum Gasteiger partial charge on any atom is 0.273 e. The normalized spacial score (nSPS) is 10.2. The summed E-state index contributed by atoms with van der Waals surface area (Å²) in [6.45, 7) is 1.71. The Labute approximate surface area is 123 Å². The van der Waals surface area contributed by atoms with Gasteiger partial charge in [-0.3, -0.25) is 14.9 Å². The van der Waals surface area contributed by atoms with Crippen LogP contribution in [-0.2, 0) is 11.3 Å². The molecule has 0 aliphatic carbocycles. The first-order valence-electron chi connectivity index (χ1n) is 5.91. The van der Waals surface area contributed by atoms with Crippen LogP contribution in [0.4, 0.5) is 5.69 Å². The van der Waals surface area contributed by atoms with Gasteiger partial charge in [0.15, 0.2) is 5.01 Å². The third-order valence-corrected chi connectivity index (χ3v) is 3.54. The Balaban J connectivity index is 2.29. The fourth-order valence-electron chi connectivity index (χ4n) is 1.60. The lowest BCUT2D eigenvalue weighted by atomic mass is 10.2. The van der Waals surface area contributed by atoms with Gasteiger partial charge in [-0.1, -0.05) is 11.3 Å². The average Bonchev–Trinajstić information content (AvgIpc) is 2.93. The van der Waals surface area contributed by atoms with E-state index in [9.17, 15) is 14.9 Å². The highest BCUT2D eigenvalue weighted by Gasteiger charge is 2.16. The predicted molar refractivity (Wildman–Crippen MR) is 76.1 cm³/mol. The second-order valence-electron chi connectivity index (χ2n) is 4.05. The van der Waals surface area contributed by atoms with E-state index in [2.05, 4.69) is 15.5 Å². The highest BCUT2D eigenvalue weighted by molar-refractivity contribution is 7.14. The number of carbonyl (C=O) groups excluding carboxylic acids is 1. The standard InChI is InChI=1S/C12H12N4O4S/c1-7(17)13-6-11-14-15-12(21-11)9-4-3-8(16(18)19)5-10(9)20-2/h3-5H,6H2,1-2H3,(H,13,17). The lowest BCUT2D eigenvalue weighted by molar-refractivity contribution is -0.384. The molecular weight excluding hydrogens is 296 g/mol. The summed E-state index contributed by atoms with van der Waals surface area (Å²) < 4.78 is 5.16. The van der Waals surface area contributed by atoms with Crippen molar-refractivity contribution in [2.45, 2.75) is 13.5 Å². The number of hydrogen-bond acceptors (Lipinski definition) is 7. The Hall–Kier alpha value is -2.55. The van der Waals surface area contributed by atoms with Gasteiger partial charge in [-0.2, -0.15) is 0 Å². The fraction of sp³-hybridized carbons (Fsp3) is 0.250. The summed E-state index contributed by atoms with van der Waals surface area (Å²) in [6.07, 6.45) is 0. The van der Waals surface area contributed by atoms with Crippen LogP contribution in [0.3, 0.4) is 0 Å². The predicted octanol–water partition coefficient (Wildman–Crippen LogP) is 1.76. The van der Waals surface area contributed by atoms with Crippen molar-refractivity contribution in [1.82, 2.24) is 15.5 Å². The van der Waals surface area contributed by atoms with Crippen LogP contribution in [-0.4, -0.2) is 28.1 Å². The van der Waals surface area contributed by atoms with E-state index in [1.165, 1.54) is 37.5 Å². The number of non-ortho nitro benzene ring substituents is 1. The van der Waals surface area contributed by atoms with Gasteiger partial charge in [0.1, 0.15) is 10.8 Å². The number of hydrogen-bond donors (Lipinski definition) is 1. The van der Waals surface area contributed by atoms with E-state index in [4.69, 9.17) is 4.74 Å². The maximum atomic E-state index is 10.9. The molecule has 1 aromatic heterocycles. The van der Waals surface area contributed by atoms with Gasteiger partial charge in [-0.25, -0.2) is 0 Å². The summed E-state index contributed by atoms with van der Waals surface area (Å²) in [7, 11) is 1.43. The van der Waals surface area contributed by atoms with E-state index in [1.807, 2.05) is 0 Å². The molecule has 1 N–H and O–H groups in total. The van der Waals surface area contributed by atoms with Crippen LogP contribution in [0, 0.1) is 10.1 Å². The van der Waals surface area contributed by atoms with Gasteiger partial charge in [0.25, 0.3) is 5.69 Å². The Morgan fingerprint density at radius 3 is 2.86 bits per heavy atom. The van der Waals surface area contributed by atoms with Crippen molar-refractivity contribution >= 4 is 22.9 Å². The third kappa shape index (κ3) is 3.51. The van der Waals surface area contributed by atoms with Crippen LogP contribution in [0.15, 0.2) is 18.2 Å². The minimum absolute atomic E-state index is 0.0569. The molecule has 2 aromatic rings. The molecule has 1 amide bonds. The molecule has 0 saturated heterocycles. The number of aromatic nitrogens is 2. The molecule has 21 heavy (non-hydrogen) atoms. The zero-order chi connectivity index (χ0) is 15.4. The SMILES string of the molecule is COc1cc([N+](=O)[O-])ccc1-c1nnc(CNC(C)=O)s1. The Morgan fingerprint density at radius 2 is 2.24 bits per heavy atom. The second-order valence-corrected chi connectivity index (χ2v) is 5.11. The van der Waals surface area contributed by atoms with Crippen LogP contribution in [0.2, 0.25) is 0 Å². The summed E-state index contributed by atoms with van der Waals surface area (Å²) in [4.78, 5) is 21.1. The van der Waals surface area contributed by atoms with Crippen molar-refractivity contribution in [1.29, 1.82) is 0 Å². The molecule has 0 saturated carbocycles. The van der Waals surface area contributed by atoms with Gasteiger partial charge in [-0.15, -0.1) is 10.2 Å². The number of carbonyl (C=O) groups is 1. The molecule has 0 unspecified atom stereocenters. The van der Waals surface area contributed by atoms with Crippen molar-refractivity contribution in [2.24, 2.45) is 0 Å². The molecule has 9 heteroatoms. The van der Waals surface area contributed by atoms with Crippen LogP contribution >= 0.6 is 11.3 Å². The maximum absolute atomic E-state index is 10.9. The Morgan fingerprint density at radius 1 is 1.48 bits per heavy atom. The molecule has 2 rings (SSSR count). The van der Waals surface area contributed by atoms with E-state index in [1.54, 1.807) is 6.07 Å². The zero-order valence-electron chi connectivity index (χ0n) is 11.3. The van der Waals surface area contributed by atoms with Crippen LogP contribution in [0.5, 0.6) is 5.75 Å². The first-order valence-corrected chi connectivity index (χ1v) is 6.72. The third-order valence-electron chi connectivity index (χ3n) is 2.58. The minimum atomic E-state index is -0.491. The number of amides is 1. The molecular formula is C12H12N4O4S. The average molecular weight is 308 g/mol.